The Kier molecular flexibility index (Phi) is 9.25. The van der Waals surface area contributed by atoms with Crippen molar-refractivity contribution in [2.45, 2.75) is 51.1 Å². The lowest BCUT2D eigenvalue weighted by atomic mass is 9.98. The van der Waals surface area contributed by atoms with Gasteiger partial charge in [-0.05, 0) is 42.0 Å². The van der Waals surface area contributed by atoms with Crippen molar-refractivity contribution in [3.8, 4) is 11.1 Å². The van der Waals surface area contributed by atoms with Gasteiger partial charge in [0.05, 0.1) is 6.61 Å². The molecule has 1 aliphatic rings. The van der Waals surface area contributed by atoms with Crippen molar-refractivity contribution in [1.29, 1.82) is 0 Å². The van der Waals surface area contributed by atoms with Gasteiger partial charge in [0.25, 0.3) is 0 Å². The third kappa shape index (κ3) is 6.82. The van der Waals surface area contributed by atoms with E-state index in [9.17, 15) is 14.4 Å². The van der Waals surface area contributed by atoms with E-state index in [1.54, 1.807) is 6.92 Å². The highest BCUT2D eigenvalue weighted by molar-refractivity contribution is 5.84. The van der Waals surface area contributed by atoms with Crippen LogP contribution < -0.4 is 10.6 Å². The number of amides is 2. The molecule has 8 heteroatoms. The van der Waals surface area contributed by atoms with Crippen LogP contribution in [0.2, 0.25) is 0 Å². The number of carbonyl (C=O) groups is 3. The molecule has 8 nitrogen and oxygen atoms in total. The summed E-state index contributed by atoms with van der Waals surface area (Å²) in [4.78, 5) is 35.8. The molecule has 0 radical (unpaired) electrons. The highest BCUT2D eigenvalue weighted by Gasteiger charge is 2.29. The van der Waals surface area contributed by atoms with E-state index >= 15 is 0 Å². The molecule has 0 saturated heterocycles. The first-order valence-electron chi connectivity index (χ1n) is 12.0. The predicted octanol–water partition coefficient (Wildman–Crippen LogP) is 3.94. The summed E-state index contributed by atoms with van der Waals surface area (Å²) in [5, 5.41) is 14.5. The molecule has 35 heavy (non-hydrogen) atoms. The zero-order valence-corrected chi connectivity index (χ0v) is 20.5. The number of nitrogens with one attached hydrogen (secondary N) is 2. The van der Waals surface area contributed by atoms with Crippen LogP contribution in [0.25, 0.3) is 11.1 Å². The number of hydrogen-bond donors (Lipinski definition) is 3. The number of methoxy groups -OCH3 is 1. The lowest BCUT2D eigenvalue weighted by Crippen LogP contribution is -2.45. The molecular weight excluding hydrogens is 448 g/mol. The summed E-state index contributed by atoms with van der Waals surface area (Å²) in [5.41, 5.74) is 4.69. The predicted molar refractivity (Wildman–Crippen MR) is 132 cm³/mol. The van der Waals surface area contributed by atoms with Crippen LogP contribution in [0.3, 0.4) is 0 Å². The number of carboxylic acids is 1. The summed E-state index contributed by atoms with van der Waals surface area (Å²) in [6, 6.07) is 15.2. The van der Waals surface area contributed by atoms with Crippen LogP contribution in [-0.2, 0) is 19.1 Å². The molecule has 0 aliphatic heterocycles. The van der Waals surface area contributed by atoms with Gasteiger partial charge in [-0.1, -0.05) is 61.9 Å². The van der Waals surface area contributed by atoms with E-state index in [4.69, 9.17) is 14.6 Å². The van der Waals surface area contributed by atoms with Gasteiger partial charge in [-0.25, -0.2) is 9.59 Å². The Balaban J connectivity index is 1.41. The van der Waals surface area contributed by atoms with E-state index in [0.29, 0.717) is 19.3 Å². The SMILES string of the molecule is COCC(NC(=O)C(C)CCCC(C)NC(=O)OCC1c2ccccc2-c2ccccc21)C(=O)O. The Bertz CT molecular complexity index is 994. The first-order chi connectivity index (χ1) is 16.8. The van der Waals surface area contributed by atoms with Crippen molar-refractivity contribution >= 4 is 18.0 Å². The molecule has 0 fully saturated rings. The second-order valence-corrected chi connectivity index (χ2v) is 9.06. The quantitative estimate of drug-likeness (QED) is 0.422. The molecule has 0 bridgehead atoms. The average Bonchev–Trinajstić information content (AvgIpc) is 3.16. The normalized spacial score (nSPS) is 14.8. The minimum atomic E-state index is -1.13. The summed E-state index contributed by atoms with van der Waals surface area (Å²) in [7, 11) is 1.39. The van der Waals surface area contributed by atoms with Crippen molar-refractivity contribution in [3.63, 3.8) is 0 Å². The Hall–Kier alpha value is -3.39. The Labute approximate surface area is 206 Å². The number of hydrogen-bond acceptors (Lipinski definition) is 5. The van der Waals surface area contributed by atoms with Crippen molar-refractivity contribution < 1.29 is 29.0 Å². The van der Waals surface area contributed by atoms with Crippen LogP contribution in [0.4, 0.5) is 4.79 Å². The first-order valence-corrected chi connectivity index (χ1v) is 12.0. The lowest BCUT2D eigenvalue weighted by molar-refractivity contribution is -0.143. The van der Waals surface area contributed by atoms with Gasteiger partial charge in [0.2, 0.25) is 5.91 Å². The molecule has 2 amide bonds. The minimum absolute atomic E-state index is 0.00977. The van der Waals surface area contributed by atoms with Crippen LogP contribution in [-0.4, -0.2) is 55.5 Å². The molecule has 3 N–H and O–H groups in total. The molecule has 2 aromatic rings. The second-order valence-electron chi connectivity index (χ2n) is 9.06. The van der Waals surface area contributed by atoms with Gasteiger partial charge in [0.1, 0.15) is 6.61 Å². The zero-order valence-electron chi connectivity index (χ0n) is 20.5. The number of alkyl carbamates (subject to hydrolysis) is 1. The topological polar surface area (TPSA) is 114 Å². The fourth-order valence-corrected chi connectivity index (χ4v) is 4.43. The van der Waals surface area contributed by atoms with E-state index in [1.807, 2.05) is 31.2 Å². The summed E-state index contributed by atoms with van der Waals surface area (Å²) in [6.45, 7) is 3.82. The molecule has 3 atom stereocenters. The third-order valence-electron chi connectivity index (χ3n) is 6.38. The Morgan fingerprint density at radius 3 is 2.11 bits per heavy atom. The van der Waals surface area contributed by atoms with E-state index in [0.717, 1.165) is 11.1 Å². The van der Waals surface area contributed by atoms with Gasteiger partial charge in [0, 0.05) is 25.0 Å². The summed E-state index contributed by atoms with van der Waals surface area (Å²) in [6.07, 6.45) is 1.47. The molecule has 1 aliphatic carbocycles. The number of ether oxygens (including phenoxy) is 2. The molecule has 0 heterocycles. The van der Waals surface area contributed by atoms with Crippen molar-refractivity contribution in [2.75, 3.05) is 20.3 Å². The monoisotopic (exact) mass is 482 g/mol. The highest BCUT2D eigenvalue weighted by Crippen LogP contribution is 2.44. The van der Waals surface area contributed by atoms with Gasteiger partial charge >= 0.3 is 12.1 Å². The van der Waals surface area contributed by atoms with Crippen molar-refractivity contribution in [2.24, 2.45) is 5.92 Å². The number of rotatable bonds is 12. The average molecular weight is 483 g/mol. The molecule has 0 aromatic heterocycles. The van der Waals surface area contributed by atoms with Crippen LogP contribution in [0.5, 0.6) is 0 Å². The Morgan fingerprint density at radius 1 is 0.943 bits per heavy atom. The highest BCUT2D eigenvalue weighted by atomic mass is 16.5. The minimum Gasteiger partial charge on any atom is -0.480 e. The summed E-state index contributed by atoms with van der Waals surface area (Å²) in [5.74, 6) is -1.80. The van der Waals surface area contributed by atoms with E-state index < -0.39 is 18.1 Å². The van der Waals surface area contributed by atoms with E-state index in [-0.39, 0.29) is 37.0 Å². The standard InChI is InChI=1S/C27H34N2O6/c1-17(25(30)29-24(16-34-3)26(31)32)9-8-10-18(2)28-27(33)35-15-23-21-13-6-4-11-19(21)20-12-5-7-14-22(20)23/h4-7,11-14,17-18,23-24H,8-10,15-16H2,1-3H3,(H,28,33)(H,29,30)(H,31,32). The third-order valence-corrected chi connectivity index (χ3v) is 6.38. The Morgan fingerprint density at radius 2 is 1.54 bits per heavy atom. The number of carbonyl (C=O) groups excluding carboxylic acids is 2. The molecule has 3 rings (SSSR count). The maximum absolute atomic E-state index is 12.4. The van der Waals surface area contributed by atoms with Gasteiger partial charge < -0.3 is 25.2 Å². The van der Waals surface area contributed by atoms with Gasteiger partial charge in [-0.2, -0.15) is 0 Å². The summed E-state index contributed by atoms with van der Waals surface area (Å²) >= 11 is 0. The van der Waals surface area contributed by atoms with Crippen LogP contribution >= 0.6 is 0 Å². The van der Waals surface area contributed by atoms with Crippen LogP contribution in [0.1, 0.15) is 50.2 Å². The van der Waals surface area contributed by atoms with Crippen LogP contribution in [0.15, 0.2) is 48.5 Å². The largest absolute Gasteiger partial charge is 0.480 e. The summed E-state index contributed by atoms with van der Waals surface area (Å²) < 4.78 is 10.4. The molecule has 0 spiro atoms. The zero-order chi connectivity index (χ0) is 25.4. The van der Waals surface area contributed by atoms with Gasteiger partial charge in [-0.15, -0.1) is 0 Å². The molecule has 0 saturated carbocycles. The molecule has 188 valence electrons. The van der Waals surface area contributed by atoms with Crippen LogP contribution in [0, 0.1) is 5.92 Å². The molecular formula is C27H34N2O6. The van der Waals surface area contributed by atoms with Crippen molar-refractivity contribution in [1.82, 2.24) is 10.6 Å². The number of carboxylic acid groups (broad SMARTS) is 1. The number of fused-ring (bicyclic) bond motifs is 3. The number of benzene rings is 2. The van der Waals surface area contributed by atoms with Crippen molar-refractivity contribution in [3.05, 3.63) is 59.7 Å². The van der Waals surface area contributed by atoms with E-state index in [1.165, 1.54) is 18.2 Å². The van der Waals surface area contributed by atoms with Gasteiger partial charge in [0.15, 0.2) is 6.04 Å². The first kappa shape index (κ1) is 26.2. The van der Waals surface area contributed by atoms with E-state index in [2.05, 4.69) is 34.9 Å². The molecule has 2 aromatic carbocycles. The fraction of sp³-hybridized carbons (Fsp3) is 0.444. The number of aliphatic carboxylic acids is 1. The van der Waals surface area contributed by atoms with Gasteiger partial charge in [-0.3, -0.25) is 4.79 Å². The molecule has 3 unspecified atom stereocenters. The maximum Gasteiger partial charge on any atom is 0.407 e. The smallest absolute Gasteiger partial charge is 0.407 e. The second kappa shape index (κ2) is 12.4. The lowest BCUT2D eigenvalue weighted by Gasteiger charge is -2.19. The fourth-order valence-electron chi connectivity index (χ4n) is 4.43. The maximum atomic E-state index is 12.4.